The molecule has 3 rings (SSSR count). The van der Waals surface area contributed by atoms with Crippen molar-refractivity contribution in [1.29, 1.82) is 0 Å². The van der Waals surface area contributed by atoms with E-state index in [-0.39, 0.29) is 5.41 Å². The van der Waals surface area contributed by atoms with Crippen LogP contribution in [0.2, 0.25) is 0 Å². The Labute approximate surface area is 143 Å². The highest BCUT2D eigenvalue weighted by Crippen LogP contribution is 2.33. The van der Waals surface area contributed by atoms with Crippen LogP contribution < -0.4 is 10.6 Å². The predicted octanol–water partition coefficient (Wildman–Crippen LogP) is 2.98. The van der Waals surface area contributed by atoms with Crippen molar-refractivity contribution < 1.29 is 4.42 Å². The van der Waals surface area contributed by atoms with Crippen LogP contribution in [-0.2, 0) is 18.4 Å². The van der Waals surface area contributed by atoms with Crippen molar-refractivity contribution in [3.63, 3.8) is 0 Å². The second-order valence-electron chi connectivity index (χ2n) is 7.27. The normalized spacial score (nSPS) is 17.2. The molecule has 0 radical (unpaired) electrons. The number of aromatic nitrogens is 1. The number of oxazole rings is 1. The van der Waals surface area contributed by atoms with Gasteiger partial charge in [-0.3, -0.25) is 4.99 Å². The fourth-order valence-corrected chi connectivity index (χ4v) is 2.88. The molecule has 1 atom stereocenters. The highest BCUT2D eigenvalue weighted by atomic mass is 16.4. The molecule has 0 bridgehead atoms. The van der Waals surface area contributed by atoms with Crippen LogP contribution in [0.4, 0.5) is 0 Å². The summed E-state index contributed by atoms with van der Waals surface area (Å²) in [5, 5.41) is 6.65. The molecule has 2 N–H and O–H groups in total. The summed E-state index contributed by atoms with van der Waals surface area (Å²) < 4.78 is 5.79. The summed E-state index contributed by atoms with van der Waals surface area (Å²) >= 11 is 0. The maximum Gasteiger partial charge on any atom is 0.213 e. The molecular formula is C19H26N4O. The van der Waals surface area contributed by atoms with Crippen LogP contribution in [0.5, 0.6) is 0 Å². The first kappa shape index (κ1) is 16.6. The van der Waals surface area contributed by atoms with Gasteiger partial charge in [0.15, 0.2) is 5.96 Å². The van der Waals surface area contributed by atoms with Crippen LogP contribution in [-0.4, -0.2) is 24.5 Å². The van der Waals surface area contributed by atoms with Crippen LogP contribution in [0.3, 0.4) is 0 Å². The molecule has 1 heterocycles. The Hall–Kier alpha value is -2.30. The second kappa shape index (κ2) is 6.67. The van der Waals surface area contributed by atoms with E-state index in [2.05, 4.69) is 65.6 Å². The minimum absolute atomic E-state index is 0.0250. The zero-order valence-electron chi connectivity index (χ0n) is 14.9. The number of hydrogen-bond donors (Lipinski definition) is 2. The molecule has 0 fully saturated rings. The third-order valence-corrected chi connectivity index (χ3v) is 4.40. The molecule has 1 aromatic carbocycles. The lowest BCUT2D eigenvalue weighted by molar-refractivity contribution is 0.379. The fourth-order valence-electron chi connectivity index (χ4n) is 2.88. The van der Waals surface area contributed by atoms with Crippen molar-refractivity contribution in [2.75, 3.05) is 13.6 Å². The van der Waals surface area contributed by atoms with Gasteiger partial charge in [-0.2, -0.15) is 0 Å². The van der Waals surface area contributed by atoms with E-state index in [1.807, 2.05) is 0 Å². The van der Waals surface area contributed by atoms with Gasteiger partial charge in [0.1, 0.15) is 5.76 Å². The number of nitrogens with one attached hydrogen (secondary N) is 2. The van der Waals surface area contributed by atoms with E-state index in [1.54, 1.807) is 13.2 Å². The maximum absolute atomic E-state index is 5.79. The lowest BCUT2D eigenvalue weighted by atomic mass is 9.78. The minimum Gasteiger partial charge on any atom is -0.443 e. The molecule has 24 heavy (non-hydrogen) atoms. The minimum atomic E-state index is -0.0250. The molecule has 1 aromatic heterocycles. The van der Waals surface area contributed by atoms with Crippen LogP contribution in [0.1, 0.15) is 49.5 Å². The summed E-state index contributed by atoms with van der Waals surface area (Å²) in [4.78, 5) is 8.60. The molecular weight excluding hydrogens is 300 g/mol. The van der Waals surface area contributed by atoms with E-state index < -0.39 is 0 Å². The topological polar surface area (TPSA) is 62.5 Å². The highest BCUT2D eigenvalue weighted by Gasteiger charge is 2.25. The van der Waals surface area contributed by atoms with Crippen LogP contribution in [0.25, 0.3) is 0 Å². The number of nitrogens with zero attached hydrogens (tertiary/aromatic N) is 2. The third kappa shape index (κ3) is 3.61. The molecule has 2 aromatic rings. The molecule has 0 spiro atoms. The molecule has 1 unspecified atom stereocenters. The molecule has 0 aliphatic heterocycles. The first-order valence-electron chi connectivity index (χ1n) is 8.45. The molecule has 5 nitrogen and oxygen atoms in total. The van der Waals surface area contributed by atoms with Gasteiger partial charge >= 0.3 is 0 Å². The lowest BCUT2D eigenvalue weighted by Crippen LogP contribution is -2.40. The van der Waals surface area contributed by atoms with E-state index >= 15 is 0 Å². The van der Waals surface area contributed by atoms with Gasteiger partial charge in [0.25, 0.3) is 0 Å². The van der Waals surface area contributed by atoms with E-state index in [0.717, 1.165) is 24.7 Å². The Morgan fingerprint density at radius 3 is 2.75 bits per heavy atom. The van der Waals surface area contributed by atoms with Crippen molar-refractivity contribution in [3.8, 4) is 0 Å². The summed E-state index contributed by atoms with van der Waals surface area (Å²) in [6.07, 6.45) is 2.94. The molecule has 1 aliphatic carbocycles. The summed E-state index contributed by atoms with van der Waals surface area (Å²) in [6.45, 7) is 7.75. The number of guanidine groups is 1. The Morgan fingerprint density at radius 1 is 1.29 bits per heavy atom. The van der Waals surface area contributed by atoms with Gasteiger partial charge in [-0.15, -0.1) is 0 Å². The molecule has 0 amide bonds. The number of aliphatic imine (C=N–C) groups is 1. The van der Waals surface area contributed by atoms with Gasteiger partial charge in [0.2, 0.25) is 5.89 Å². The summed E-state index contributed by atoms with van der Waals surface area (Å²) in [5.41, 5.74) is 2.88. The standard InChI is InChI=1S/C19H26N4O/c1-19(2,3)16-11-21-17(24-16)12-23-18(20-4)22-10-14-9-13-7-5-6-8-15(13)14/h5-8,11,14H,9-10,12H2,1-4H3,(H2,20,22,23). The van der Waals surface area contributed by atoms with E-state index in [9.17, 15) is 0 Å². The van der Waals surface area contributed by atoms with Crippen molar-refractivity contribution in [3.05, 3.63) is 53.2 Å². The molecule has 0 saturated heterocycles. The summed E-state index contributed by atoms with van der Waals surface area (Å²) in [6, 6.07) is 8.62. The van der Waals surface area contributed by atoms with Gasteiger partial charge in [0, 0.05) is 24.9 Å². The van der Waals surface area contributed by atoms with E-state index in [4.69, 9.17) is 4.42 Å². The Balaban J connectivity index is 1.49. The van der Waals surface area contributed by atoms with Crippen molar-refractivity contribution >= 4 is 5.96 Å². The Bertz CT molecular complexity index is 727. The van der Waals surface area contributed by atoms with Gasteiger partial charge in [-0.05, 0) is 17.5 Å². The van der Waals surface area contributed by atoms with Crippen LogP contribution >= 0.6 is 0 Å². The predicted molar refractivity (Wildman–Crippen MR) is 96.3 cm³/mol. The number of rotatable bonds is 4. The second-order valence-corrected chi connectivity index (χ2v) is 7.27. The van der Waals surface area contributed by atoms with Gasteiger partial charge in [0.05, 0.1) is 12.7 Å². The summed E-state index contributed by atoms with van der Waals surface area (Å²) in [5.74, 6) is 2.91. The smallest absolute Gasteiger partial charge is 0.213 e. The average molecular weight is 326 g/mol. The lowest BCUT2D eigenvalue weighted by Gasteiger charge is -2.30. The number of fused-ring (bicyclic) bond motifs is 1. The molecule has 0 saturated carbocycles. The Kier molecular flexibility index (Phi) is 4.60. The highest BCUT2D eigenvalue weighted by molar-refractivity contribution is 5.79. The Morgan fingerprint density at radius 2 is 2.08 bits per heavy atom. The fraction of sp³-hybridized carbons (Fsp3) is 0.474. The molecule has 1 aliphatic rings. The van der Waals surface area contributed by atoms with E-state index in [0.29, 0.717) is 18.4 Å². The van der Waals surface area contributed by atoms with Crippen molar-refractivity contribution in [2.24, 2.45) is 4.99 Å². The SMILES string of the molecule is CN=C(NCc1ncc(C(C)(C)C)o1)NCC1Cc2ccccc21. The zero-order chi connectivity index (χ0) is 17.2. The van der Waals surface area contributed by atoms with Crippen LogP contribution in [0, 0.1) is 0 Å². The van der Waals surface area contributed by atoms with Gasteiger partial charge in [-0.25, -0.2) is 4.98 Å². The quantitative estimate of drug-likeness (QED) is 0.670. The van der Waals surface area contributed by atoms with Gasteiger partial charge in [-0.1, -0.05) is 45.0 Å². The maximum atomic E-state index is 5.79. The molecule has 5 heteroatoms. The third-order valence-electron chi connectivity index (χ3n) is 4.40. The largest absolute Gasteiger partial charge is 0.443 e. The first-order chi connectivity index (χ1) is 11.5. The number of hydrogen-bond acceptors (Lipinski definition) is 3. The number of benzene rings is 1. The zero-order valence-corrected chi connectivity index (χ0v) is 14.9. The first-order valence-corrected chi connectivity index (χ1v) is 8.45. The van der Waals surface area contributed by atoms with Crippen LogP contribution in [0.15, 0.2) is 39.9 Å². The van der Waals surface area contributed by atoms with E-state index in [1.165, 1.54) is 11.1 Å². The summed E-state index contributed by atoms with van der Waals surface area (Å²) in [7, 11) is 1.78. The monoisotopic (exact) mass is 326 g/mol. The van der Waals surface area contributed by atoms with Crippen molar-refractivity contribution in [1.82, 2.24) is 15.6 Å². The van der Waals surface area contributed by atoms with Gasteiger partial charge < -0.3 is 15.1 Å². The average Bonchev–Trinajstić information content (AvgIpc) is 3.00. The molecule has 128 valence electrons. The van der Waals surface area contributed by atoms with Crippen molar-refractivity contribution in [2.45, 2.75) is 45.1 Å².